The van der Waals surface area contributed by atoms with Crippen molar-refractivity contribution in [3.63, 3.8) is 0 Å². The molecule has 0 atom stereocenters. The molecule has 1 aliphatic rings. The number of hydrogen-bond donors (Lipinski definition) is 1. The lowest BCUT2D eigenvalue weighted by molar-refractivity contribution is 0.341. The van der Waals surface area contributed by atoms with Crippen molar-refractivity contribution in [3.05, 3.63) is 24.3 Å². The summed E-state index contributed by atoms with van der Waals surface area (Å²) in [4.78, 5) is 2.25. The van der Waals surface area contributed by atoms with Crippen LogP contribution in [0, 0.1) is 0 Å². The van der Waals surface area contributed by atoms with Crippen LogP contribution in [0.25, 0.3) is 0 Å². The smallest absolute Gasteiger partial charge is 0.143 e. The van der Waals surface area contributed by atoms with Crippen LogP contribution in [0.2, 0.25) is 0 Å². The molecule has 1 aliphatic heterocycles. The lowest BCUT2D eigenvalue weighted by Crippen LogP contribution is -2.29. The standard InChI is InChI=1S/C23H39N3O/c1-3-5-6-7-8-9-10-11-12-13-14-19-23-25-24-20-26(23)21-17-15-16-18-22(21)27-4-2/h15-18,24H,3-14,19-20H2,1-2H3. The first-order valence-electron chi connectivity index (χ1n) is 11.2. The number of rotatable bonds is 15. The number of benzene rings is 1. The van der Waals surface area contributed by atoms with Gasteiger partial charge in [0.25, 0.3) is 0 Å². The number of amidine groups is 1. The van der Waals surface area contributed by atoms with E-state index in [1.165, 1.54) is 70.6 Å². The summed E-state index contributed by atoms with van der Waals surface area (Å²) < 4.78 is 5.78. The number of ether oxygens (including phenoxy) is 1. The molecule has 1 N–H and O–H groups in total. The van der Waals surface area contributed by atoms with E-state index in [4.69, 9.17) is 4.74 Å². The van der Waals surface area contributed by atoms with Gasteiger partial charge in [-0.1, -0.05) is 83.3 Å². The first-order chi connectivity index (χ1) is 13.4. The second-order valence-corrected chi connectivity index (χ2v) is 7.46. The largest absolute Gasteiger partial charge is 0.492 e. The number of nitrogens with one attached hydrogen (secondary N) is 1. The Morgan fingerprint density at radius 1 is 0.889 bits per heavy atom. The van der Waals surface area contributed by atoms with Crippen molar-refractivity contribution < 1.29 is 4.74 Å². The quantitative estimate of drug-likeness (QED) is 0.358. The van der Waals surface area contributed by atoms with Crippen molar-refractivity contribution in [1.29, 1.82) is 0 Å². The van der Waals surface area contributed by atoms with Gasteiger partial charge in [0.1, 0.15) is 18.3 Å². The zero-order chi connectivity index (χ0) is 19.2. The predicted molar refractivity (Wildman–Crippen MR) is 117 cm³/mol. The van der Waals surface area contributed by atoms with Crippen molar-refractivity contribution in [1.82, 2.24) is 5.43 Å². The number of hydrogen-bond acceptors (Lipinski definition) is 4. The summed E-state index contributed by atoms with van der Waals surface area (Å²) in [5.41, 5.74) is 4.26. The Balaban J connectivity index is 1.61. The van der Waals surface area contributed by atoms with E-state index in [9.17, 15) is 0 Å². The molecule has 0 amide bonds. The SMILES string of the molecule is CCCCCCCCCCCCCC1=NNCN1c1ccccc1OCC. The molecule has 27 heavy (non-hydrogen) atoms. The van der Waals surface area contributed by atoms with E-state index in [1.54, 1.807) is 0 Å². The maximum absolute atomic E-state index is 5.78. The Labute approximate surface area is 166 Å². The Hall–Kier alpha value is -1.71. The van der Waals surface area contributed by atoms with Gasteiger partial charge in [-0.2, -0.15) is 5.10 Å². The summed E-state index contributed by atoms with van der Waals surface area (Å²) in [6.07, 6.45) is 16.1. The molecular weight excluding hydrogens is 334 g/mol. The highest BCUT2D eigenvalue weighted by atomic mass is 16.5. The van der Waals surface area contributed by atoms with Crippen molar-refractivity contribution >= 4 is 11.5 Å². The van der Waals surface area contributed by atoms with Crippen LogP contribution in [0.5, 0.6) is 5.75 Å². The molecule has 2 rings (SSSR count). The molecule has 0 bridgehead atoms. The van der Waals surface area contributed by atoms with Gasteiger partial charge in [-0.15, -0.1) is 0 Å². The molecule has 0 radical (unpaired) electrons. The first-order valence-corrected chi connectivity index (χ1v) is 11.2. The van der Waals surface area contributed by atoms with E-state index in [2.05, 4.69) is 34.5 Å². The van der Waals surface area contributed by atoms with Crippen LogP contribution in [0.4, 0.5) is 5.69 Å². The van der Waals surface area contributed by atoms with E-state index < -0.39 is 0 Å². The normalized spacial score (nSPS) is 13.6. The fourth-order valence-corrected chi connectivity index (χ4v) is 3.67. The van der Waals surface area contributed by atoms with Gasteiger partial charge in [0.15, 0.2) is 0 Å². The molecule has 0 aliphatic carbocycles. The van der Waals surface area contributed by atoms with Crippen LogP contribution in [0.3, 0.4) is 0 Å². The molecule has 0 fully saturated rings. The van der Waals surface area contributed by atoms with Gasteiger partial charge in [-0.3, -0.25) is 5.43 Å². The maximum Gasteiger partial charge on any atom is 0.143 e. The van der Waals surface area contributed by atoms with Gasteiger partial charge in [-0.05, 0) is 25.5 Å². The lowest BCUT2D eigenvalue weighted by Gasteiger charge is -2.22. The average Bonchev–Trinajstić information content (AvgIpc) is 3.15. The zero-order valence-corrected chi connectivity index (χ0v) is 17.5. The summed E-state index contributed by atoms with van der Waals surface area (Å²) in [6, 6.07) is 8.25. The molecule has 4 nitrogen and oxygen atoms in total. The molecule has 0 spiro atoms. The molecule has 1 heterocycles. The lowest BCUT2D eigenvalue weighted by atomic mass is 10.0. The highest BCUT2D eigenvalue weighted by Crippen LogP contribution is 2.30. The minimum absolute atomic E-state index is 0.684. The molecule has 0 unspecified atom stereocenters. The summed E-state index contributed by atoms with van der Waals surface area (Å²) >= 11 is 0. The van der Waals surface area contributed by atoms with Crippen LogP contribution in [-0.2, 0) is 0 Å². The third-order valence-corrected chi connectivity index (χ3v) is 5.21. The Kier molecular flexibility index (Phi) is 10.8. The second-order valence-electron chi connectivity index (χ2n) is 7.46. The molecule has 0 saturated heterocycles. The molecule has 0 aromatic heterocycles. The van der Waals surface area contributed by atoms with E-state index in [0.717, 1.165) is 30.4 Å². The topological polar surface area (TPSA) is 36.9 Å². The number of anilines is 1. The van der Waals surface area contributed by atoms with Crippen LogP contribution >= 0.6 is 0 Å². The third-order valence-electron chi connectivity index (χ3n) is 5.21. The van der Waals surface area contributed by atoms with Gasteiger partial charge in [0.05, 0.1) is 12.3 Å². The Morgan fingerprint density at radius 2 is 1.52 bits per heavy atom. The summed E-state index contributed by atoms with van der Waals surface area (Å²) in [6.45, 7) is 5.73. The van der Waals surface area contributed by atoms with E-state index in [1.807, 2.05) is 19.1 Å². The molecule has 152 valence electrons. The van der Waals surface area contributed by atoms with Crippen molar-refractivity contribution in [2.75, 3.05) is 18.2 Å². The fourth-order valence-electron chi connectivity index (χ4n) is 3.67. The summed E-state index contributed by atoms with van der Waals surface area (Å²) in [5, 5.41) is 4.51. The molecule has 1 aromatic carbocycles. The number of nitrogens with zero attached hydrogens (tertiary/aromatic N) is 2. The predicted octanol–water partition coefficient (Wildman–Crippen LogP) is 6.47. The number of para-hydroxylation sites is 2. The van der Waals surface area contributed by atoms with Gasteiger partial charge in [-0.25, -0.2) is 0 Å². The number of hydrazone groups is 1. The van der Waals surface area contributed by atoms with Crippen molar-refractivity contribution in [2.24, 2.45) is 5.10 Å². The Bertz CT molecular complexity index is 544. The zero-order valence-electron chi connectivity index (χ0n) is 17.5. The van der Waals surface area contributed by atoms with Crippen LogP contribution in [0.15, 0.2) is 29.4 Å². The maximum atomic E-state index is 5.78. The van der Waals surface area contributed by atoms with Crippen LogP contribution < -0.4 is 15.1 Å². The van der Waals surface area contributed by atoms with E-state index in [0.29, 0.717) is 6.61 Å². The average molecular weight is 374 g/mol. The molecule has 0 saturated carbocycles. The van der Waals surface area contributed by atoms with Gasteiger partial charge < -0.3 is 9.64 Å². The molecular formula is C23H39N3O. The molecule has 1 aromatic rings. The fraction of sp³-hybridized carbons (Fsp3) is 0.696. The van der Waals surface area contributed by atoms with Crippen molar-refractivity contribution in [2.45, 2.75) is 90.9 Å². The monoisotopic (exact) mass is 373 g/mol. The minimum Gasteiger partial charge on any atom is -0.492 e. The first kappa shape index (κ1) is 21.6. The summed E-state index contributed by atoms with van der Waals surface area (Å²) in [7, 11) is 0. The minimum atomic E-state index is 0.684. The van der Waals surface area contributed by atoms with Crippen LogP contribution in [0.1, 0.15) is 90.9 Å². The summed E-state index contributed by atoms with van der Waals surface area (Å²) in [5.74, 6) is 2.08. The Morgan fingerprint density at radius 3 is 2.19 bits per heavy atom. The van der Waals surface area contributed by atoms with Gasteiger partial charge >= 0.3 is 0 Å². The van der Waals surface area contributed by atoms with E-state index in [-0.39, 0.29) is 0 Å². The second kappa shape index (κ2) is 13.5. The van der Waals surface area contributed by atoms with Crippen molar-refractivity contribution in [3.8, 4) is 5.75 Å². The van der Waals surface area contributed by atoms with Gasteiger partial charge in [0, 0.05) is 6.42 Å². The van der Waals surface area contributed by atoms with Gasteiger partial charge in [0.2, 0.25) is 0 Å². The number of unbranched alkanes of at least 4 members (excludes halogenated alkanes) is 10. The highest BCUT2D eigenvalue weighted by molar-refractivity contribution is 5.99. The van der Waals surface area contributed by atoms with E-state index >= 15 is 0 Å². The third kappa shape index (κ3) is 7.82. The molecule has 4 heteroatoms. The highest BCUT2D eigenvalue weighted by Gasteiger charge is 2.21. The van der Waals surface area contributed by atoms with Crippen LogP contribution in [-0.4, -0.2) is 19.1 Å².